The molecule has 0 saturated heterocycles. The van der Waals surface area contributed by atoms with Crippen molar-refractivity contribution in [3.8, 4) is 0 Å². The summed E-state index contributed by atoms with van der Waals surface area (Å²) in [4.78, 5) is 41.4. The van der Waals surface area contributed by atoms with Gasteiger partial charge in [-0.1, -0.05) is 26.2 Å². The molecule has 0 aliphatic heterocycles. The maximum absolute atomic E-state index is 12.3. The van der Waals surface area contributed by atoms with Crippen molar-refractivity contribution in [2.45, 2.75) is 71.2 Å². The predicted molar refractivity (Wildman–Crippen MR) is 112 cm³/mol. The van der Waals surface area contributed by atoms with E-state index in [4.69, 9.17) is 19.1 Å². The number of carbonyl (C=O) groups is 3. The third-order valence-electron chi connectivity index (χ3n) is 6.82. The molecule has 5 atom stereocenters. The molecular weight excluding hydrogens is 404 g/mol. The molecule has 8 nitrogen and oxygen atoms in total. The lowest BCUT2D eigenvalue weighted by molar-refractivity contribution is -0.362. The van der Waals surface area contributed by atoms with Crippen molar-refractivity contribution in [2.75, 3.05) is 7.11 Å². The second kappa shape index (κ2) is 9.36. The van der Waals surface area contributed by atoms with E-state index in [1.54, 1.807) is 19.9 Å². The third kappa shape index (κ3) is 4.45. The van der Waals surface area contributed by atoms with Gasteiger partial charge in [0.15, 0.2) is 0 Å². The van der Waals surface area contributed by atoms with Crippen LogP contribution in [0.2, 0.25) is 0 Å². The molecule has 31 heavy (non-hydrogen) atoms. The molecule has 2 aliphatic carbocycles. The molecule has 0 aromatic heterocycles. The molecule has 2 saturated carbocycles. The lowest BCUT2D eigenvalue weighted by Gasteiger charge is -2.58. The Morgan fingerprint density at radius 1 is 1.16 bits per heavy atom. The molecule has 172 valence electrons. The Hall–Kier alpha value is -2.45. The van der Waals surface area contributed by atoms with Crippen LogP contribution in [0, 0.1) is 11.3 Å². The number of fused-ring (bicyclic) bond motifs is 1. The first kappa shape index (κ1) is 24.8. The van der Waals surface area contributed by atoms with Gasteiger partial charge in [-0.25, -0.2) is 14.5 Å². The van der Waals surface area contributed by atoms with Crippen LogP contribution in [0.3, 0.4) is 0 Å². The maximum atomic E-state index is 12.3. The topological polar surface area (TPSA) is 108 Å². The first-order valence-electron chi connectivity index (χ1n) is 10.3. The van der Waals surface area contributed by atoms with Crippen LogP contribution in [0.25, 0.3) is 0 Å². The molecule has 0 heterocycles. The lowest BCUT2D eigenvalue weighted by Crippen LogP contribution is -2.62. The molecule has 1 N–H and O–H groups in total. The fourth-order valence-electron chi connectivity index (χ4n) is 4.79. The van der Waals surface area contributed by atoms with Crippen LogP contribution in [0.15, 0.2) is 36.0 Å². The molecule has 0 unspecified atom stereocenters. The Labute approximate surface area is 182 Å². The molecule has 0 spiro atoms. The number of methoxy groups -OCH3 is 1. The van der Waals surface area contributed by atoms with E-state index in [9.17, 15) is 19.6 Å². The quantitative estimate of drug-likeness (QED) is 0.168. The van der Waals surface area contributed by atoms with Crippen molar-refractivity contribution in [2.24, 2.45) is 11.3 Å². The van der Waals surface area contributed by atoms with Gasteiger partial charge in [0.2, 0.25) is 0 Å². The minimum Gasteiger partial charge on any atom is -0.466 e. The molecule has 8 heteroatoms. The maximum Gasteiger partial charge on any atom is 0.333 e. The molecule has 2 aliphatic rings. The largest absolute Gasteiger partial charge is 0.466 e. The Morgan fingerprint density at radius 2 is 1.81 bits per heavy atom. The van der Waals surface area contributed by atoms with Crippen molar-refractivity contribution in [3.05, 3.63) is 36.0 Å². The normalized spacial score (nSPS) is 33.2. The van der Waals surface area contributed by atoms with Gasteiger partial charge in [-0.15, -0.1) is 0 Å². The van der Waals surface area contributed by atoms with Gasteiger partial charge in [-0.3, -0.25) is 10.1 Å². The summed E-state index contributed by atoms with van der Waals surface area (Å²) < 4.78 is 16.0. The van der Waals surface area contributed by atoms with Gasteiger partial charge in [0.1, 0.15) is 17.8 Å². The van der Waals surface area contributed by atoms with Crippen LogP contribution in [-0.4, -0.2) is 48.1 Å². The van der Waals surface area contributed by atoms with Crippen molar-refractivity contribution < 1.29 is 38.7 Å². The molecule has 0 amide bonds. The van der Waals surface area contributed by atoms with Crippen LogP contribution in [0.1, 0.15) is 53.4 Å². The SMILES string of the molecule is C=C(C(=O)OC)[C@H]1C[C@@]2(OO)C(=C)[C@H](OC(=O)/C(C)=C\C)CC[C@]2(C)C[C@H]1OC(C)=O. The highest BCUT2D eigenvalue weighted by Gasteiger charge is 2.63. The van der Waals surface area contributed by atoms with E-state index in [2.05, 4.69) is 13.2 Å². The number of ether oxygens (including phenoxy) is 3. The van der Waals surface area contributed by atoms with E-state index >= 15 is 0 Å². The lowest BCUT2D eigenvalue weighted by atomic mass is 9.52. The Kier molecular flexibility index (Phi) is 7.49. The van der Waals surface area contributed by atoms with Crippen molar-refractivity contribution in [3.63, 3.8) is 0 Å². The van der Waals surface area contributed by atoms with Gasteiger partial charge < -0.3 is 14.2 Å². The number of allylic oxidation sites excluding steroid dienone is 1. The first-order chi connectivity index (χ1) is 14.5. The van der Waals surface area contributed by atoms with Crippen molar-refractivity contribution in [1.82, 2.24) is 0 Å². The Bertz CT molecular complexity index is 812. The van der Waals surface area contributed by atoms with Crippen LogP contribution < -0.4 is 0 Å². The number of esters is 3. The summed E-state index contributed by atoms with van der Waals surface area (Å²) in [6.07, 6.45) is 1.64. The van der Waals surface area contributed by atoms with Crippen LogP contribution in [-0.2, 0) is 33.5 Å². The number of hydrogen-bond acceptors (Lipinski definition) is 8. The fourth-order valence-corrected chi connectivity index (χ4v) is 4.79. The third-order valence-corrected chi connectivity index (χ3v) is 6.82. The Balaban J connectivity index is 2.45. The van der Waals surface area contributed by atoms with Crippen molar-refractivity contribution in [1.29, 1.82) is 0 Å². The second-order valence-corrected chi connectivity index (χ2v) is 8.59. The highest BCUT2D eigenvalue weighted by molar-refractivity contribution is 5.89. The highest BCUT2D eigenvalue weighted by atomic mass is 17.1. The molecule has 0 radical (unpaired) electrons. The monoisotopic (exact) mass is 436 g/mol. The van der Waals surface area contributed by atoms with Crippen molar-refractivity contribution >= 4 is 17.9 Å². The molecule has 0 aromatic rings. The van der Waals surface area contributed by atoms with Crippen LogP contribution >= 0.6 is 0 Å². The van der Waals surface area contributed by atoms with E-state index in [1.807, 2.05) is 6.92 Å². The molecule has 0 bridgehead atoms. The average Bonchev–Trinajstić information content (AvgIpc) is 2.73. The summed E-state index contributed by atoms with van der Waals surface area (Å²) in [5.41, 5.74) is -1.08. The molecule has 2 rings (SSSR count). The Morgan fingerprint density at radius 3 is 2.32 bits per heavy atom. The van der Waals surface area contributed by atoms with E-state index in [-0.39, 0.29) is 12.0 Å². The van der Waals surface area contributed by atoms with Gasteiger partial charge >= 0.3 is 17.9 Å². The summed E-state index contributed by atoms with van der Waals surface area (Å²) in [5, 5.41) is 10.1. The fraction of sp³-hybridized carbons (Fsp3) is 0.609. The summed E-state index contributed by atoms with van der Waals surface area (Å²) >= 11 is 0. The van der Waals surface area contributed by atoms with E-state index in [0.29, 0.717) is 30.4 Å². The molecule has 0 aromatic carbocycles. The minimum absolute atomic E-state index is 0.0569. The summed E-state index contributed by atoms with van der Waals surface area (Å²) in [6, 6.07) is 0. The van der Waals surface area contributed by atoms with Gasteiger partial charge in [-0.2, -0.15) is 0 Å². The van der Waals surface area contributed by atoms with E-state index in [0.717, 1.165) is 0 Å². The van der Waals surface area contributed by atoms with Gasteiger partial charge in [-0.05, 0) is 45.1 Å². The van der Waals surface area contributed by atoms with Gasteiger partial charge in [0, 0.05) is 29.4 Å². The summed E-state index contributed by atoms with van der Waals surface area (Å²) in [5.74, 6) is -2.29. The first-order valence-corrected chi connectivity index (χ1v) is 10.3. The predicted octanol–water partition coefficient (Wildman–Crippen LogP) is 3.52. The van der Waals surface area contributed by atoms with Crippen LogP contribution in [0.4, 0.5) is 0 Å². The molecule has 2 fully saturated rings. The average molecular weight is 437 g/mol. The van der Waals surface area contributed by atoms with E-state index in [1.165, 1.54) is 14.0 Å². The second-order valence-electron chi connectivity index (χ2n) is 8.59. The minimum atomic E-state index is -1.34. The van der Waals surface area contributed by atoms with Crippen LogP contribution in [0.5, 0.6) is 0 Å². The standard InChI is InChI=1S/C23H32O8/c1-8-13(2)20(25)30-18-9-10-22(6)12-19(29-16(5)24)17(14(3)21(26)28-7)11-23(22,31-27)15(18)4/h8,17-19,27H,3-4,9-12H2,1-2,5-7H3/b13-8-/t17-,18-,19-,22-,23-/m1/s1. The van der Waals surface area contributed by atoms with Gasteiger partial charge in [0.05, 0.1) is 7.11 Å². The highest BCUT2D eigenvalue weighted by Crippen LogP contribution is 2.59. The zero-order valence-electron chi connectivity index (χ0n) is 18.9. The summed E-state index contributed by atoms with van der Waals surface area (Å²) in [7, 11) is 1.23. The number of rotatable bonds is 6. The van der Waals surface area contributed by atoms with E-state index < -0.39 is 47.0 Å². The summed E-state index contributed by atoms with van der Waals surface area (Å²) in [6.45, 7) is 14.5. The number of carbonyl (C=O) groups excluding carboxylic acids is 3. The zero-order chi connectivity index (χ0) is 23.6. The van der Waals surface area contributed by atoms with Gasteiger partial charge in [0.25, 0.3) is 0 Å². The molecular formula is C23H32O8. The zero-order valence-corrected chi connectivity index (χ0v) is 18.9. The smallest absolute Gasteiger partial charge is 0.333 e. The number of hydrogen-bond donors (Lipinski definition) is 1.